The summed E-state index contributed by atoms with van der Waals surface area (Å²) in [6, 6.07) is 0. The quantitative estimate of drug-likeness (QED) is 0.453. The van der Waals surface area contributed by atoms with Gasteiger partial charge in [-0.2, -0.15) is 0 Å². The number of allylic oxidation sites excluding steroid dienone is 6. The lowest BCUT2D eigenvalue weighted by Crippen LogP contribution is -2.07. The van der Waals surface area contributed by atoms with Crippen LogP contribution in [0.2, 0.25) is 0 Å². The zero-order valence-corrected chi connectivity index (χ0v) is 15.1. The summed E-state index contributed by atoms with van der Waals surface area (Å²) in [5.74, 6) is -0.254. The fourth-order valence-electron chi connectivity index (χ4n) is 2.39. The molecule has 0 bridgehead atoms. The fourth-order valence-corrected chi connectivity index (χ4v) is 2.39. The molecule has 1 heterocycles. The lowest BCUT2D eigenvalue weighted by Gasteiger charge is -2.01. The van der Waals surface area contributed by atoms with Crippen LogP contribution in [0.25, 0.3) is 0 Å². The molecule has 1 N–H and O–H groups in total. The lowest BCUT2D eigenvalue weighted by molar-refractivity contribution is 0.0395. The van der Waals surface area contributed by atoms with Gasteiger partial charge < -0.3 is 9.84 Å². The highest BCUT2D eigenvalue weighted by molar-refractivity contribution is 5.27. The third-order valence-electron chi connectivity index (χ3n) is 3.86. The first-order valence-corrected chi connectivity index (χ1v) is 8.28. The molecule has 0 radical (unpaired) electrons. The van der Waals surface area contributed by atoms with Crippen molar-refractivity contribution in [1.82, 2.24) is 0 Å². The van der Waals surface area contributed by atoms with E-state index >= 15 is 0 Å². The fraction of sp³-hybridized carbons (Fsp3) is 0.600. The maximum atomic E-state index is 10.4. The van der Waals surface area contributed by atoms with Crippen molar-refractivity contribution in [3.8, 4) is 0 Å². The second kappa shape index (κ2) is 8.38. The van der Waals surface area contributed by atoms with Gasteiger partial charge in [-0.05, 0) is 72.8 Å². The molecule has 1 saturated heterocycles. The van der Waals surface area contributed by atoms with Crippen LogP contribution < -0.4 is 0 Å². The third-order valence-corrected chi connectivity index (χ3v) is 3.86. The predicted molar refractivity (Wildman–Crippen MR) is 94.4 cm³/mol. The Balaban J connectivity index is 2.46. The Bertz CT molecular complexity index is 498. The van der Waals surface area contributed by atoms with E-state index in [1.54, 1.807) is 0 Å². The molecule has 2 nitrogen and oxygen atoms in total. The van der Waals surface area contributed by atoms with E-state index in [2.05, 4.69) is 59.8 Å². The molecule has 1 aliphatic rings. The number of epoxide rings is 1. The summed E-state index contributed by atoms with van der Waals surface area (Å²) in [5, 5.41) is 10.4. The number of aliphatic hydroxyl groups is 1. The van der Waals surface area contributed by atoms with Crippen LogP contribution in [0.15, 0.2) is 46.3 Å². The van der Waals surface area contributed by atoms with Gasteiger partial charge in [0.25, 0.3) is 5.79 Å². The van der Waals surface area contributed by atoms with Crippen molar-refractivity contribution >= 4 is 0 Å². The molecule has 1 rings (SSSR count). The SMILES string of the molecule is CC(C)=CCCC(C)=CCC1(O)OC1=C(C)CCC=C(C)C. The van der Waals surface area contributed by atoms with Crippen LogP contribution in [0.5, 0.6) is 0 Å². The van der Waals surface area contributed by atoms with Gasteiger partial charge in [0.05, 0.1) is 0 Å². The lowest BCUT2D eigenvalue weighted by atomic mass is 10.0. The van der Waals surface area contributed by atoms with Crippen molar-refractivity contribution in [2.24, 2.45) is 0 Å². The Morgan fingerprint density at radius 1 is 0.909 bits per heavy atom. The van der Waals surface area contributed by atoms with Crippen LogP contribution in [0.3, 0.4) is 0 Å². The zero-order chi connectivity index (χ0) is 16.8. The van der Waals surface area contributed by atoms with Crippen LogP contribution in [-0.4, -0.2) is 10.9 Å². The molecule has 124 valence electrons. The second-order valence-electron chi connectivity index (χ2n) is 6.89. The first kappa shape index (κ1) is 18.8. The van der Waals surface area contributed by atoms with E-state index in [1.165, 1.54) is 16.7 Å². The first-order valence-electron chi connectivity index (χ1n) is 8.28. The van der Waals surface area contributed by atoms with Crippen LogP contribution in [0.1, 0.15) is 73.6 Å². The molecule has 0 amide bonds. The van der Waals surface area contributed by atoms with Gasteiger partial charge in [0, 0.05) is 6.42 Å². The van der Waals surface area contributed by atoms with Crippen LogP contribution in [-0.2, 0) is 4.74 Å². The molecule has 0 aromatic carbocycles. The normalized spacial score (nSPS) is 22.8. The van der Waals surface area contributed by atoms with Crippen molar-refractivity contribution < 1.29 is 9.84 Å². The summed E-state index contributed by atoms with van der Waals surface area (Å²) >= 11 is 0. The van der Waals surface area contributed by atoms with Crippen molar-refractivity contribution in [3.63, 3.8) is 0 Å². The van der Waals surface area contributed by atoms with E-state index in [0.717, 1.165) is 37.0 Å². The number of ether oxygens (including phenoxy) is 1. The Morgan fingerprint density at radius 3 is 2.00 bits per heavy atom. The molecule has 22 heavy (non-hydrogen) atoms. The van der Waals surface area contributed by atoms with Crippen LogP contribution in [0, 0.1) is 0 Å². The molecule has 0 aromatic heterocycles. The van der Waals surface area contributed by atoms with E-state index in [4.69, 9.17) is 4.74 Å². The van der Waals surface area contributed by atoms with E-state index in [1.807, 2.05) is 0 Å². The third kappa shape index (κ3) is 6.65. The minimum absolute atomic E-state index is 0.559. The Kier molecular flexibility index (Phi) is 7.15. The van der Waals surface area contributed by atoms with Gasteiger partial charge in [-0.1, -0.05) is 34.9 Å². The molecule has 1 unspecified atom stereocenters. The molecule has 0 aromatic rings. The van der Waals surface area contributed by atoms with E-state index < -0.39 is 5.79 Å². The van der Waals surface area contributed by atoms with Crippen molar-refractivity contribution in [1.29, 1.82) is 0 Å². The topological polar surface area (TPSA) is 32.8 Å². The zero-order valence-electron chi connectivity index (χ0n) is 15.1. The minimum atomic E-state index is -1.03. The molecule has 0 aliphatic carbocycles. The maximum Gasteiger partial charge on any atom is 0.270 e. The van der Waals surface area contributed by atoms with Crippen molar-refractivity contribution in [2.45, 2.75) is 79.4 Å². The standard InChI is InChI=1S/C20H32O2/c1-15(2)9-7-11-17(5)13-14-20(21)19(22-20)18(6)12-8-10-16(3)4/h9-10,13,21H,7-8,11-12,14H2,1-6H3. The Morgan fingerprint density at radius 2 is 1.45 bits per heavy atom. The second-order valence-corrected chi connectivity index (χ2v) is 6.89. The van der Waals surface area contributed by atoms with Crippen LogP contribution in [0.4, 0.5) is 0 Å². The predicted octanol–water partition coefficient (Wildman–Crippen LogP) is 5.81. The Hall–Kier alpha value is -1.28. The van der Waals surface area contributed by atoms with E-state index in [9.17, 15) is 5.11 Å². The molecule has 1 atom stereocenters. The smallest absolute Gasteiger partial charge is 0.270 e. The largest absolute Gasteiger partial charge is 0.452 e. The molecular formula is C20H32O2. The highest BCUT2D eigenvalue weighted by Gasteiger charge is 2.51. The van der Waals surface area contributed by atoms with Gasteiger partial charge in [0.2, 0.25) is 0 Å². The number of hydrogen-bond donors (Lipinski definition) is 1. The summed E-state index contributed by atoms with van der Waals surface area (Å²) in [6.45, 7) is 12.6. The molecule has 2 heteroatoms. The van der Waals surface area contributed by atoms with Gasteiger partial charge in [-0.25, -0.2) is 0 Å². The van der Waals surface area contributed by atoms with Gasteiger partial charge >= 0.3 is 0 Å². The summed E-state index contributed by atoms with van der Waals surface area (Å²) < 4.78 is 5.47. The highest BCUT2D eigenvalue weighted by atomic mass is 16.7. The molecule has 1 fully saturated rings. The summed E-state index contributed by atoms with van der Waals surface area (Å²) in [4.78, 5) is 0. The Labute approximate surface area is 136 Å². The highest BCUT2D eigenvalue weighted by Crippen LogP contribution is 2.44. The van der Waals surface area contributed by atoms with Gasteiger partial charge in [-0.3, -0.25) is 0 Å². The summed E-state index contributed by atoms with van der Waals surface area (Å²) in [7, 11) is 0. The monoisotopic (exact) mass is 304 g/mol. The van der Waals surface area contributed by atoms with E-state index in [-0.39, 0.29) is 0 Å². The van der Waals surface area contributed by atoms with Crippen molar-refractivity contribution in [2.75, 3.05) is 0 Å². The molecular weight excluding hydrogens is 272 g/mol. The minimum Gasteiger partial charge on any atom is -0.452 e. The number of hydrogen-bond acceptors (Lipinski definition) is 2. The molecule has 1 aliphatic heterocycles. The average molecular weight is 304 g/mol. The van der Waals surface area contributed by atoms with Gasteiger partial charge in [0.1, 0.15) is 0 Å². The van der Waals surface area contributed by atoms with E-state index in [0.29, 0.717) is 6.42 Å². The van der Waals surface area contributed by atoms with Gasteiger partial charge in [0.15, 0.2) is 5.76 Å². The van der Waals surface area contributed by atoms with Gasteiger partial charge in [-0.15, -0.1) is 0 Å². The average Bonchev–Trinajstić information content (AvgIpc) is 3.08. The summed E-state index contributed by atoms with van der Waals surface area (Å²) in [6.07, 6.45) is 11.2. The van der Waals surface area contributed by atoms with Crippen LogP contribution >= 0.6 is 0 Å². The first-order chi connectivity index (χ1) is 10.2. The molecule has 0 spiro atoms. The number of rotatable bonds is 8. The molecule has 0 saturated carbocycles. The summed E-state index contributed by atoms with van der Waals surface area (Å²) in [5.41, 5.74) is 5.16. The van der Waals surface area contributed by atoms with Crippen molar-refractivity contribution in [3.05, 3.63) is 46.3 Å². The maximum absolute atomic E-state index is 10.4.